The van der Waals surface area contributed by atoms with Gasteiger partial charge >= 0.3 is 0 Å². The summed E-state index contributed by atoms with van der Waals surface area (Å²) < 4.78 is 29.8. The maximum absolute atomic E-state index is 13.3. The minimum atomic E-state index is -3.83. The third kappa shape index (κ3) is 4.32. The number of carbonyl (C=O) groups is 1. The second kappa shape index (κ2) is 8.47. The van der Waals surface area contributed by atoms with Crippen LogP contribution in [0.1, 0.15) is 37.8 Å². The molecule has 1 fully saturated rings. The molecule has 0 atom stereocenters. The summed E-state index contributed by atoms with van der Waals surface area (Å²) in [6.45, 7) is 8.48. The molecular weight excluding hydrogens is 478 g/mol. The molecule has 0 unspecified atom stereocenters. The number of benzene rings is 2. The molecule has 1 saturated carbocycles. The Hall–Kier alpha value is -2.06. The average molecular weight is 506 g/mol. The fraction of sp³-hybridized carbons (Fsp3) is 0.435. The first-order valence-corrected chi connectivity index (χ1v) is 13.0. The van der Waals surface area contributed by atoms with Gasteiger partial charge in [0.1, 0.15) is 4.90 Å². The molecule has 1 aliphatic heterocycles. The van der Waals surface area contributed by atoms with Crippen molar-refractivity contribution < 1.29 is 13.2 Å². The lowest BCUT2D eigenvalue weighted by atomic mass is 10.1. The highest BCUT2D eigenvalue weighted by Crippen LogP contribution is 2.40. The first-order valence-electron chi connectivity index (χ1n) is 10.8. The third-order valence-corrected chi connectivity index (χ3v) is 8.42. The molecule has 1 aliphatic carbocycles. The normalized spacial score (nSPS) is 15.7. The third-order valence-electron chi connectivity index (χ3n) is 6.09. The van der Waals surface area contributed by atoms with Crippen LogP contribution in [0.3, 0.4) is 0 Å². The van der Waals surface area contributed by atoms with E-state index >= 15 is 0 Å². The Kier molecular flexibility index (Phi) is 6.05. The molecule has 2 aromatic rings. The smallest absolute Gasteiger partial charge is 0.263 e. The lowest BCUT2D eigenvalue weighted by Crippen LogP contribution is -2.30. The molecule has 31 heavy (non-hydrogen) atoms. The molecule has 6 nitrogen and oxygen atoms in total. The van der Waals surface area contributed by atoms with Gasteiger partial charge in [-0.2, -0.15) is 0 Å². The van der Waals surface area contributed by atoms with Crippen molar-refractivity contribution in [1.29, 1.82) is 0 Å². The van der Waals surface area contributed by atoms with Crippen LogP contribution >= 0.6 is 15.9 Å². The Morgan fingerprint density at radius 3 is 2.52 bits per heavy atom. The molecular formula is C23H28BrN3O3S. The summed E-state index contributed by atoms with van der Waals surface area (Å²) in [7, 11) is -3.83. The van der Waals surface area contributed by atoms with Gasteiger partial charge in [0.25, 0.3) is 10.0 Å². The number of carbonyl (C=O) groups excluding carboxylic acids is 1. The highest BCUT2D eigenvalue weighted by atomic mass is 79.9. The second-order valence-corrected chi connectivity index (χ2v) is 10.7. The number of amides is 1. The number of hydrogen-bond acceptors (Lipinski definition) is 4. The van der Waals surface area contributed by atoms with Crippen LogP contribution in [-0.4, -0.2) is 34.0 Å². The van der Waals surface area contributed by atoms with Crippen molar-refractivity contribution in [2.75, 3.05) is 34.2 Å². The number of fused-ring (bicyclic) bond motifs is 1. The van der Waals surface area contributed by atoms with E-state index in [1.165, 1.54) is 0 Å². The molecule has 0 saturated heterocycles. The van der Waals surface area contributed by atoms with Crippen molar-refractivity contribution in [3.63, 3.8) is 0 Å². The molecule has 166 valence electrons. The zero-order valence-corrected chi connectivity index (χ0v) is 20.5. The molecule has 0 radical (unpaired) electrons. The molecule has 4 rings (SSSR count). The van der Waals surface area contributed by atoms with Crippen molar-refractivity contribution in [2.24, 2.45) is 5.92 Å². The molecule has 2 aromatic carbocycles. The van der Waals surface area contributed by atoms with Gasteiger partial charge in [0.05, 0.1) is 5.69 Å². The Morgan fingerprint density at radius 2 is 1.90 bits per heavy atom. The van der Waals surface area contributed by atoms with Crippen LogP contribution in [-0.2, 0) is 21.2 Å². The molecule has 0 aromatic heterocycles. The van der Waals surface area contributed by atoms with Crippen LogP contribution in [0.2, 0.25) is 0 Å². The highest BCUT2D eigenvalue weighted by molar-refractivity contribution is 9.10. The number of nitrogens with zero attached hydrogens (tertiary/aromatic N) is 2. The Morgan fingerprint density at radius 1 is 1.19 bits per heavy atom. The van der Waals surface area contributed by atoms with E-state index in [1.54, 1.807) is 11.0 Å². The number of nitrogens with one attached hydrogen (secondary N) is 1. The van der Waals surface area contributed by atoms with Gasteiger partial charge in [-0.1, -0.05) is 0 Å². The number of halogens is 1. The van der Waals surface area contributed by atoms with Gasteiger partial charge in [0.2, 0.25) is 5.91 Å². The largest absolute Gasteiger partial charge is 0.372 e. The summed E-state index contributed by atoms with van der Waals surface area (Å²) in [5.41, 5.74) is 4.19. The Bertz CT molecular complexity index is 1130. The fourth-order valence-electron chi connectivity index (χ4n) is 4.12. The number of rotatable bonds is 7. The zero-order chi connectivity index (χ0) is 22.3. The highest BCUT2D eigenvalue weighted by Gasteiger charge is 2.37. The summed E-state index contributed by atoms with van der Waals surface area (Å²) in [5.74, 6) is 0.208. The molecule has 8 heteroatoms. The van der Waals surface area contributed by atoms with E-state index in [0.29, 0.717) is 22.4 Å². The van der Waals surface area contributed by atoms with Gasteiger partial charge in [0.15, 0.2) is 0 Å². The van der Waals surface area contributed by atoms with Crippen LogP contribution < -0.4 is 14.5 Å². The van der Waals surface area contributed by atoms with Crippen molar-refractivity contribution in [3.8, 4) is 0 Å². The number of anilines is 3. The fourth-order valence-corrected chi connectivity index (χ4v) is 6.36. The van der Waals surface area contributed by atoms with E-state index in [1.807, 2.05) is 31.2 Å². The van der Waals surface area contributed by atoms with Crippen LogP contribution in [0, 0.1) is 12.8 Å². The molecule has 1 N–H and O–H groups in total. The van der Waals surface area contributed by atoms with Gasteiger partial charge in [-0.25, -0.2) is 8.42 Å². The van der Waals surface area contributed by atoms with E-state index in [4.69, 9.17) is 0 Å². The molecule has 1 heterocycles. The van der Waals surface area contributed by atoms with Gasteiger partial charge in [-0.3, -0.25) is 9.52 Å². The van der Waals surface area contributed by atoms with Crippen LogP contribution in [0.15, 0.2) is 39.7 Å². The van der Waals surface area contributed by atoms with E-state index in [9.17, 15) is 13.2 Å². The number of aryl methyl sites for hydroxylation is 1. The lowest BCUT2D eigenvalue weighted by Gasteiger charge is -2.22. The van der Waals surface area contributed by atoms with E-state index in [0.717, 1.165) is 49.2 Å². The predicted molar refractivity (Wildman–Crippen MR) is 128 cm³/mol. The van der Waals surface area contributed by atoms with Crippen molar-refractivity contribution >= 4 is 48.9 Å². The van der Waals surface area contributed by atoms with Gasteiger partial charge < -0.3 is 9.80 Å². The predicted octanol–water partition coefficient (Wildman–Crippen LogP) is 4.70. The van der Waals surface area contributed by atoms with Crippen LogP contribution in [0.25, 0.3) is 0 Å². The van der Waals surface area contributed by atoms with Crippen molar-refractivity contribution in [1.82, 2.24) is 0 Å². The van der Waals surface area contributed by atoms with E-state index < -0.39 is 10.0 Å². The maximum Gasteiger partial charge on any atom is 0.263 e. The summed E-state index contributed by atoms with van der Waals surface area (Å²) in [5, 5.41) is 0. The molecule has 1 amide bonds. The first-order chi connectivity index (χ1) is 14.7. The second-order valence-electron chi connectivity index (χ2n) is 8.20. The van der Waals surface area contributed by atoms with Gasteiger partial charge in [0, 0.05) is 41.4 Å². The summed E-state index contributed by atoms with van der Waals surface area (Å²) in [6.07, 6.45) is 2.60. The summed E-state index contributed by atoms with van der Waals surface area (Å²) in [6, 6.07) is 9.21. The Labute approximate surface area is 192 Å². The number of sulfonamides is 1. The quantitative estimate of drug-likeness (QED) is 0.591. The average Bonchev–Trinajstić information content (AvgIpc) is 3.50. The minimum Gasteiger partial charge on any atom is -0.372 e. The zero-order valence-electron chi connectivity index (χ0n) is 18.1. The van der Waals surface area contributed by atoms with Crippen molar-refractivity contribution in [3.05, 3.63) is 45.9 Å². The van der Waals surface area contributed by atoms with Crippen molar-refractivity contribution in [2.45, 2.75) is 44.9 Å². The lowest BCUT2D eigenvalue weighted by molar-refractivity contribution is -0.119. The minimum absolute atomic E-state index is 0.0970. The number of hydrogen-bond donors (Lipinski definition) is 1. The standard InChI is InChI=1S/C23H28BrN3O3S/c1-4-26(5-2)18-8-9-20(15(3)12-18)25-31(29,30)22-14-21-17(13-19(22)24)10-11-27(21)23(28)16-6-7-16/h8-9,12-14,16,25H,4-7,10-11H2,1-3H3. The Balaban J connectivity index is 1.64. The first kappa shape index (κ1) is 22.1. The van der Waals surface area contributed by atoms with Gasteiger partial charge in [-0.15, -0.1) is 0 Å². The van der Waals surface area contributed by atoms with Crippen LogP contribution in [0.4, 0.5) is 17.1 Å². The topological polar surface area (TPSA) is 69.7 Å². The molecule has 0 bridgehead atoms. The van der Waals surface area contributed by atoms with E-state index in [2.05, 4.69) is 39.4 Å². The monoisotopic (exact) mass is 505 g/mol. The molecule has 2 aliphatic rings. The summed E-state index contributed by atoms with van der Waals surface area (Å²) in [4.78, 5) is 16.7. The maximum atomic E-state index is 13.3. The SMILES string of the molecule is CCN(CC)c1ccc(NS(=O)(=O)c2cc3c(cc2Br)CCN3C(=O)C2CC2)c(C)c1. The van der Waals surface area contributed by atoms with Crippen LogP contribution in [0.5, 0.6) is 0 Å². The molecule has 0 spiro atoms. The van der Waals surface area contributed by atoms with E-state index in [-0.39, 0.29) is 16.7 Å². The summed E-state index contributed by atoms with van der Waals surface area (Å²) >= 11 is 3.44. The van der Waals surface area contributed by atoms with Gasteiger partial charge in [-0.05, 0) is 97.4 Å².